The van der Waals surface area contributed by atoms with Gasteiger partial charge < -0.3 is 14.6 Å². The van der Waals surface area contributed by atoms with Crippen molar-refractivity contribution in [3.8, 4) is 5.75 Å². The number of halogens is 1. The maximum atomic E-state index is 9.98. The Labute approximate surface area is 87.2 Å². The summed E-state index contributed by atoms with van der Waals surface area (Å²) in [6, 6.07) is 5.23. The Morgan fingerprint density at radius 3 is 2.64 bits per heavy atom. The van der Waals surface area contributed by atoms with Crippen LogP contribution < -0.4 is 4.74 Å². The number of methoxy groups -OCH3 is 1. The molecule has 1 saturated heterocycles. The first kappa shape index (κ1) is 9.77. The van der Waals surface area contributed by atoms with E-state index in [1.54, 1.807) is 25.3 Å². The molecule has 0 unspecified atom stereocenters. The summed E-state index contributed by atoms with van der Waals surface area (Å²) < 4.78 is 9.98. The van der Waals surface area contributed by atoms with Crippen molar-refractivity contribution in [2.24, 2.45) is 0 Å². The van der Waals surface area contributed by atoms with E-state index in [1.165, 1.54) is 0 Å². The minimum Gasteiger partial charge on any atom is -0.497 e. The summed E-state index contributed by atoms with van der Waals surface area (Å²) in [6.07, 6.45) is 0. The summed E-state index contributed by atoms with van der Waals surface area (Å²) in [7, 11) is 1.58. The van der Waals surface area contributed by atoms with Crippen LogP contribution in [0, 0.1) is 0 Å². The average Bonchev–Trinajstić information content (AvgIpc) is 2.14. The molecule has 1 aliphatic heterocycles. The van der Waals surface area contributed by atoms with Crippen molar-refractivity contribution in [3.05, 3.63) is 28.8 Å². The van der Waals surface area contributed by atoms with Gasteiger partial charge in [-0.15, -0.1) is 0 Å². The zero-order valence-corrected chi connectivity index (χ0v) is 8.54. The van der Waals surface area contributed by atoms with Crippen molar-refractivity contribution in [2.45, 2.75) is 5.60 Å². The number of hydrogen-bond acceptors (Lipinski definition) is 3. The largest absolute Gasteiger partial charge is 0.497 e. The predicted molar refractivity (Wildman–Crippen MR) is 52.7 cm³/mol. The Bertz CT molecular complexity index is 347. The topological polar surface area (TPSA) is 38.7 Å². The summed E-state index contributed by atoms with van der Waals surface area (Å²) in [5.74, 6) is 0.683. The van der Waals surface area contributed by atoms with E-state index in [4.69, 9.17) is 21.1 Å². The van der Waals surface area contributed by atoms with Gasteiger partial charge in [0.15, 0.2) is 0 Å². The molecular formula is C10H11ClO3. The zero-order valence-electron chi connectivity index (χ0n) is 7.79. The second kappa shape index (κ2) is 3.42. The first-order valence-corrected chi connectivity index (χ1v) is 4.68. The minimum atomic E-state index is -0.913. The molecule has 76 valence electrons. The molecule has 1 N–H and O–H groups in total. The molecule has 0 saturated carbocycles. The minimum absolute atomic E-state index is 0.305. The van der Waals surface area contributed by atoms with Gasteiger partial charge in [-0.25, -0.2) is 0 Å². The molecule has 0 spiro atoms. The van der Waals surface area contributed by atoms with Gasteiger partial charge in [-0.1, -0.05) is 17.7 Å². The van der Waals surface area contributed by atoms with Crippen LogP contribution in [0.2, 0.25) is 5.02 Å². The molecule has 1 aliphatic rings. The predicted octanol–water partition coefficient (Wildman–Crippen LogP) is 1.57. The average molecular weight is 215 g/mol. The Kier molecular flexibility index (Phi) is 2.39. The van der Waals surface area contributed by atoms with Gasteiger partial charge in [0.2, 0.25) is 0 Å². The number of hydrogen-bond donors (Lipinski definition) is 1. The van der Waals surface area contributed by atoms with E-state index in [-0.39, 0.29) is 0 Å². The van der Waals surface area contributed by atoms with Crippen LogP contribution in [0.5, 0.6) is 5.75 Å². The van der Waals surface area contributed by atoms with Crippen LogP contribution in [0.1, 0.15) is 5.56 Å². The summed E-state index contributed by atoms with van der Waals surface area (Å²) >= 11 is 6.01. The highest BCUT2D eigenvalue weighted by Crippen LogP contribution is 2.35. The molecule has 0 amide bonds. The van der Waals surface area contributed by atoms with E-state index in [9.17, 15) is 5.11 Å². The molecule has 1 aromatic rings. The van der Waals surface area contributed by atoms with Crippen LogP contribution >= 0.6 is 11.6 Å². The second-order valence-corrected chi connectivity index (χ2v) is 3.78. The molecule has 3 nitrogen and oxygen atoms in total. The molecule has 0 atom stereocenters. The summed E-state index contributed by atoms with van der Waals surface area (Å²) in [5.41, 5.74) is -0.213. The third-order valence-electron chi connectivity index (χ3n) is 2.36. The SMILES string of the molecule is COc1ccc(C2(O)COC2)c(Cl)c1. The maximum absolute atomic E-state index is 9.98. The Morgan fingerprint density at radius 2 is 2.21 bits per heavy atom. The van der Waals surface area contributed by atoms with Crippen molar-refractivity contribution in [3.63, 3.8) is 0 Å². The Hall–Kier alpha value is -0.770. The van der Waals surface area contributed by atoms with E-state index in [2.05, 4.69) is 0 Å². The van der Waals surface area contributed by atoms with Crippen molar-refractivity contribution in [1.82, 2.24) is 0 Å². The first-order valence-electron chi connectivity index (χ1n) is 4.30. The molecule has 0 aliphatic carbocycles. The Morgan fingerprint density at radius 1 is 1.50 bits per heavy atom. The van der Waals surface area contributed by atoms with Crippen LogP contribution in [0.3, 0.4) is 0 Å². The highest BCUT2D eigenvalue weighted by molar-refractivity contribution is 6.31. The van der Waals surface area contributed by atoms with Gasteiger partial charge in [0.1, 0.15) is 11.4 Å². The molecule has 1 heterocycles. The zero-order chi connectivity index (χ0) is 10.2. The monoisotopic (exact) mass is 214 g/mol. The normalized spacial score (nSPS) is 18.8. The van der Waals surface area contributed by atoms with Crippen LogP contribution in [0.15, 0.2) is 18.2 Å². The lowest BCUT2D eigenvalue weighted by atomic mass is 9.92. The number of ether oxygens (including phenoxy) is 2. The van der Waals surface area contributed by atoms with Crippen molar-refractivity contribution in [2.75, 3.05) is 20.3 Å². The van der Waals surface area contributed by atoms with E-state index in [0.717, 1.165) is 0 Å². The lowest BCUT2D eigenvalue weighted by Gasteiger charge is -2.37. The number of rotatable bonds is 2. The van der Waals surface area contributed by atoms with E-state index < -0.39 is 5.60 Å². The number of benzene rings is 1. The molecule has 0 bridgehead atoms. The van der Waals surface area contributed by atoms with Crippen LogP contribution in [-0.2, 0) is 10.3 Å². The van der Waals surface area contributed by atoms with Gasteiger partial charge in [0, 0.05) is 5.56 Å². The van der Waals surface area contributed by atoms with E-state index >= 15 is 0 Å². The summed E-state index contributed by atoms with van der Waals surface area (Å²) in [5, 5.41) is 10.5. The smallest absolute Gasteiger partial charge is 0.137 e. The maximum Gasteiger partial charge on any atom is 0.137 e. The third-order valence-corrected chi connectivity index (χ3v) is 2.67. The fraction of sp³-hybridized carbons (Fsp3) is 0.400. The fourth-order valence-electron chi connectivity index (χ4n) is 1.45. The van der Waals surface area contributed by atoms with E-state index in [1.807, 2.05) is 0 Å². The van der Waals surface area contributed by atoms with Gasteiger partial charge in [0.05, 0.1) is 25.3 Å². The molecule has 0 radical (unpaired) electrons. The van der Waals surface area contributed by atoms with Crippen LogP contribution in [0.4, 0.5) is 0 Å². The standard InChI is InChI=1S/C10H11ClO3/c1-13-7-2-3-8(9(11)4-7)10(12)5-14-6-10/h2-4,12H,5-6H2,1H3. The highest BCUT2D eigenvalue weighted by atomic mass is 35.5. The molecule has 2 rings (SSSR count). The van der Waals surface area contributed by atoms with Gasteiger partial charge in [-0.3, -0.25) is 0 Å². The fourth-order valence-corrected chi connectivity index (χ4v) is 1.80. The lowest BCUT2D eigenvalue weighted by molar-refractivity contribution is -0.184. The van der Waals surface area contributed by atoms with Gasteiger partial charge in [0.25, 0.3) is 0 Å². The van der Waals surface area contributed by atoms with Crippen molar-refractivity contribution >= 4 is 11.6 Å². The quantitative estimate of drug-likeness (QED) is 0.812. The third kappa shape index (κ3) is 1.47. The highest BCUT2D eigenvalue weighted by Gasteiger charge is 2.39. The summed E-state index contributed by atoms with van der Waals surface area (Å²) in [4.78, 5) is 0. The van der Waals surface area contributed by atoms with Gasteiger partial charge in [-0.05, 0) is 12.1 Å². The molecule has 0 aromatic heterocycles. The lowest BCUT2D eigenvalue weighted by Crippen LogP contribution is -2.46. The van der Waals surface area contributed by atoms with Gasteiger partial charge >= 0.3 is 0 Å². The number of aliphatic hydroxyl groups is 1. The first-order chi connectivity index (χ1) is 6.65. The van der Waals surface area contributed by atoms with Crippen molar-refractivity contribution < 1.29 is 14.6 Å². The second-order valence-electron chi connectivity index (χ2n) is 3.37. The van der Waals surface area contributed by atoms with Crippen molar-refractivity contribution in [1.29, 1.82) is 0 Å². The molecule has 1 aromatic carbocycles. The molecule has 1 fully saturated rings. The summed E-state index contributed by atoms with van der Waals surface area (Å²) in [6.45, 7) is 0.609. The Balaban J connectivity index is 2.35. The van der Waals surface area contributed by atoms with Gasteiger partial charge in [-0.2, -0.15) is 0 Å². The molecular weight excluding hydrogens is 204 g/mol. The van der Waals surface area contributed by atoms with Crippen LogP contribution in [0.25, 0.3) is 0 Å². The molecule has 14 heavy (non-hydrogen) atoms. The van der Waals surface area contributed by atoms with Crippen LogP contribution in [-0.4, -0.2) is 25.4 Å². The van der Waals surface area contributed by atoms with E-state index in [0.29, 0.717) is 29.5 Å². The molecule has 4 heteroatoms.